The van der Waals surface area contributed by atoms with E-state index in [0.717, 1.165) is 19.2 Å². The molecule has 0 unspecified atom stereocenters. The van der Waals surface area contributed by atoms with Crippen LogP contribution in [0.1, 0.15) is 15.9 Å². The Labute approximate surface area is 209 Å². The number of rotatable bonds is 7. The lowest BCUT2D eigenvalue weighted by Gasteiger charge is -2.26. The van der Waals surface area contributed by atoms with Crippen molar-refractivity contribution in [2.45, 2.75) is 6.18 Å². The van der Waals surface area contributed by atoms with Crippen LogP contribution in [0.15, 0.2) is 42.6 Å². The van der Waals surface area contributed by atoms with Crippen LogP contribution in [-0.2, 0) is 18.0 Å². The minimum absolute atomic E-state index is 0.258. The Balaban J connectivity index is 1.55. The van der Waals surface area contributed by atoms with Crippen molar-refractivity contribution in [3.8, 4) is 17.0 Å². The first kappa shape index (κ1) is 25.9. The fraction of sp³-hybridized carbons (Fsp3) is 0.333. The van der Waals surface area contributed by atoms with Gasteiger partial charge in [-0.05, 0) is 36.4 Å². The first-order valence-corrected chi connectivity index (χ1v) is 11.4. The standard InChI is InChI=1S/C24H23ClF4N4O3/c1-32-22(19(25)14-30-32)17-13-16(3-5-21(17)36-11-8-33-6-9-35-10-7-33)31-23(34)15-2-4-18(20(26)12-15)24(27,28)29/h2-5,12-14H,6-11H2,1H3,(H,31,34). The number of nitrogens with zero attached hydrogens (tertiary/aromatic N) is 3. The number of anilines is 1. The quantitative estimate of drug-likeness (QED) is 0.445. The summed E-state index contributed by atoms with van der Waals surface area (Å²) >= 11 is 6.35. The molecule has 1 aliphatic rings. The van der Waals surface area contributed by atoms with Gasteiger partial charge in [0.1, 0.15) is 18.2 Å². The van der Waals surface area contributed by atoms with E-state index >= 15 is 0 Å². The lowest BCUT2D eigenvalue weighted by Crippen LogP contribution is -2.38. The van der Waals surface area contributed by atoms with Crippen LogP contribution in [0.3, 0.4) is 0 Å². The topological polar surface area (TPSA) is 68.6 Å². The van der Waals surface area contributed by atoms with Crippen molar-refractivity contribution in [2.24, 2.45) is 7.05 Å². The molecule has 4 rings (SSSR count). The van der Waals surface area contributed by atoms with Crippen molar-refractivity contribution in [1.29, 1.82) is 0 Å². The van der Waals surface area contributed by atoms with E-state index in [4.69, 9.17) is 21.1 Å². The minimum atomic E-state index is -4.85. The fourth-order valence-electron chi connectivity index (χ4n) is 3.83. The van der Waals surface area contributed by atoms with Gasteiger partial charge in [0.2, 0.25) is 0 Å². The van der Waals surface area contributed by atoms with E-state index in [9.17, 15) is 22.4 Å². The summed E-state index contributed by atoms with van der Waals surface area (Å²) in [5.41, 5.74) is -0.279. The largest absolute Gasteiger partial charge is 0.492 e. The van der Waals surface area contributed by atoms with Crippen LogP contribution in [0.5, 0.6) is 5.75 Å². The van der Waals surface area contributed by atoms with E-state index in [1.54, 1.807) is 29.9 Å². The van der Waals surface area contributed by atoms with Gasteiger partial charge in [0.05, 0.1) is 35.7 Å². The molecular formula is C24H23ClF4N4O3. The number of carbonyl (C=O) groups is 1. The van der Waals surface area contributed by atoms with Crippen molar-refractivity contribution in [2.75, 3.05) is 44.8 Å². The number of aromatic nitrogens is 2. The van der Waals surface area contributed by atoms with Gasteiger partial charge in [-0.1, -0.05) is 11.6 Å². The molecule has 0 bridgehead atoms. The number of alkyl halides is 3. The highest BCUT2D eigenvalue weighted by Crippen LogP contribution is 2.37. The molecule has 0 spiro atoms. The second-order valence-electron chi connectivity index (χ2n) is 8.12. The second-order valence-corrected chi connectivity index (χ2v) is 8.53. The van der Waals surface area contributed by atoms with Gasteiger partial charge in [-0.15, -0.1) is 0 Å². The fourth-order valence-corrected chi connectivity index (χ4v) is 4.10. The molecule has 2 heterocycles. The summed E-state index contributed by atoms with van der Waals surface area (Å²) in [4.78, 5) is 14.9. The Kier molecular flexibility index (Phi) is 7.82. The highest BCUT2D eigenvalue weighted by atomic mass is 35.5. The molecule has 0 aliphatic carbocycles. The zero-order chi connectivity index (χ0) is 25.9. The number of amides is 1. The predicted octanol–water partition coefficient (Wildman–Crippen LogP) is 4.86. The Morgan fingerprint density at radius 1 is 1.19 bits per heavy atom. The van der Waals surface area contributed by atoms with Gasteiger partial charge in [0, 0.05) is 43.5 Å². The minimum Gasteiger partial charge on any atom is -0.492 e. The summed E-state index contributed by atoms with van der Waals surface area (Å²) in [5.74, 6) is -1.79. The summed E-state index contributed by atoms with van der Waals surface area (Å²) in [6.07, 6.45) is -3.38. The Bertz CT molecular complexity index is 1220. The molecule has 1 aromatic heterocycles. The number of morpholine rings is 1. The number of aryl methyl sites for hydroxylation is 1. The highest BCUT2D eigenvalue weighted by molar-refractivity contribution is 6.33. The molecule has 1 N–H and O–H groups in total. The number of nitrogens with one attached hydrogen (secondary N) is 1. The van der Waals surface area contributed by atoms with E-state index < -0.39 is 23.5 Å². The lowest BCUT2D eigenvalue weighted by atomic mass is 10.1. The van der Waals surface area contributed by atoms with Crippen molar-refractivity contribution in [3.05, 3.63) is 64.6 Å². The van der Waals surface area contributed by atoms with Gasteiger partial charge in [0.25, 0.3) is 5.91 Å². The Morgan fingerprint density at radius 3 is 2.58 bits per heavy atom. The van der Waals surface area contributed by atoms with Crippen LogP contribution in [0.25, 0.3) is 11.3 Å². The maximum atomic E-state index is 13.9. The molecule has 1 amide bonds. The third kappa shape index (κ3) is 5.97. The molecule has 0 atom stereocenters. The summed E-state index contributed by atoms with van der Waals surface area (Å²) in [6, 6.07) is 6.86. The lowest BCUT2D eigenvalue weighted by molar-refractivity contribution is -0.140. The van der Waals surface area contributed by atoms with Crippen molar-refractivity contribution in [1.82, 2.24) is 14.7 Å². The van der Waals surface area contributed by atoms with E-state index in [2.05, 4.69) is 15.3 Å². The summed E-state index contributed by atoms with van der Waals surface area (Å²) < 4.78 is 65.4. The number of benzene rings is 2. The van der Waals surface area contributed by atoms with E-state index in [0.29, 0.717) is 66.2 Å². The second kappa shape index (κ2) is 10.9. The number of carbonyl (C=O) groups excluding carboxylic acids is 1. The number of ether oxygens (including phenoxy) is 2. The van der Waals surface area contributed by atoms with Crippen molar-refractivity contribution < 1.29 is 31.8 Å². The zero-order valence-corrected chi connectivity index (χ0v) is 20.0. The molecule has 1 saturated heterocycles. The average Bonchev–Trinajstić information content (AvgIpc) is 3.17. The third-order valence-electron chi connectivity index (χ3n) is 5.69. The van der Waals surface area contributed by atoms with Gasteiger partial charge >= 0.3 is 6.18 Å². The van der Waals surface area contributed by atoms with Gasteiger partial charge < -0.3 is 14.8 Å². The van der Waals surface area contributed by atoms with Gasteiger partial charge in [-0.2, -0.15) is 18.3 Å². The van der Waals surface area contributed by atoms with Crippen molar-refractivity contribution >= 4 is 23.2 Å². The summed E-state index contributed by atoms with van der Waals surface area (Å²) in [6.45, 7) is 4.08. The first-order valence-electron chi connectivity index (χ1n) is 11.1. The summed E-state index contributed by atoms with van der Waals surface area (Å²) in [7, 11) is 1.70. The van der Waals surface area contributed by atoms with Crippen LogP contribution in [0, 0.1) is 5.82 Å². The molecular weight excluding hydrogens is 504 g/mol. The number of hydrogen-bond donors (Lipinski definition) is 1. The van der Waals surface area contributed by atoms with Crippen LogP contribution < -0.4 is 10.1 Å². The molecule has 3 aromatic rings. The smallest absolute Gasteiger partial charge is 0.419 e. The summed E-state index contributed by atoms with van der Waals surface area (Å²) in [5, 5.41) is 7.10. The SMILES string of the molecule is Cn1ncc(Cl)c1-c1cc(NC(=O)c2ccc(C(F)(F)F)c(F)c2)ccc1OCCN1CCOCC1. The van der Waals surface area contributed by atoms with E-state index in [1.807, 2.05) is 0 Å². The highest BCUT2D eigenvalue weighted by Gasteiger charge is 2.34. The average molecular weight is 527 g/mol. The van der Waals surface area contributed by atoms with Crippen LogP contribution in [-0.4, -0.2) is 60.0 Å². The molecule has 36 heavy (non-hydrogen) atoms. The molecule has 0 radical (unpaired) electrons. The van der Waals surface area contributed by atoms with E-state index in [-0.39, 0.29) is 5.56 Å². The molecule has 2 aromatic carbocycles. The zero-order valence-electron chi connectivity index (χ0n) is 19.2. The van der Waals surface area contributed by atoms with E-state index in [1.165, 1.54) is 6.20 Å². The van der Waals surface area contributed by atoms with Crippen molar-refractivity contribution in [3.63, 3.8) is 0 Å². The first-order chi connectivity index (χ1) is 17.1. The monoisotopic (exact) mass is 526 g/mol. The van der Waals surface area contributed by atoms with Gasteiger partial charge in [0.15, 0.2) is 0 Å². The molecule has 12 heteroatoms. The predicted molar refractivity (Wildman–Crippen MR) is 126 cm³/mol. The molecule has 7 nitrogen and oxygen atoms in total. The molecule has 1 aliphatic heterocycles. The molecule has 1 fully saturated rings. The van der Waals surface area contributed by atoms with Gasteiger partial charge in [-0.25, -0.2) is 4.39 Å². The molecule has 0 saturated carbocycles. The number of halogens is 5. The van der Waals surface area contributed by atoms with Crippen LogP contribution >= 0.6 is 11.6 Å². The van der Waals surface area contributed by atoms with Gasteiger partial charge in [-0.3, -0.25) is 14.4 Å². The Hall–Kier alpha value is -3.15. The maximum Gasteiger partial charge on any atom is 0.419 e. The van der Waals surface area contributed by atoms with Crippen LogP contribution in [0.2, 0.25) is 5.02 Å². The van der Waals surface area contributed by atoms with Crippen LogP contribution in [0.4, 0.5) is 23.2 Å². The Morgan fingerprint density at radius 2 is 1.94 bits per heavy atom. The third-order valence-corrected chi connectivity index (χ3v) is 5.97. The molecule has 192 valence electrons. The number of hydrogen-bond acceptors (Lipinski definition) is 5. The normalized spacial score (nSPS) is 14.6. The maximum absolute atomic E-state index is 13.9.